The number of nitrogens with zero attached hydrogens (tertiary/aromatic N) is 2. The first kappa shape index (κ1) is 27.2. The van der Waals surface area contributed by atoms with Gasteiger partial charge in [-0.1, -0.05) is 33.8 Å². The number of amides is 1. The zero-order valence-electron chi connectivity index (χ0n) is 20.0. The van der Waals surface area contributed by atoms with Gasteiger partial charge in [0.15, 0.2) is 5.69 Å². The molecule has 0 saturated carbocycles. The molecule has 0 aliphatic heterocycles. The Morgan fingerprint density at radius 2 is 1.79 bits per heavy atom. The van der Waals surface area contributed by atoms with Crippen LogP contribution in [0.5, 0.6) is 0 Å². The van der Waals surface area contributed by atoms with E-state index in [9.17, 15) is 24.2 Å². The number of carboxylic acid groups (broad SMARTS) is 1. The van der Waals surface area contributed by atoms with Gasteiger partial charge in [0.1, 0.15) is 5.82 Å². The third kappa shape index (κ3) is 7.78. The van der Waals surface area contributed by atoms with Crippen LogP contribution in [0.1, 0.15) is 74.6 Å². The molecule has 34 heavy (non-hydrogen) atoms. The van der Waals surface area contributed by atoms with Gasteiger partial charge in [0, 0.05) is 18.5 Å². The molecule has 9 heteroatoms. The zero-order chi connectivity index (χ0) is 25.4. The maximum Gasteiger partial charge on any atom is 0.305 e. The van der Waals surface area contributed by atoms with Crippen molar-refractivity contribution in [2.45, 2.75) is 65.1 Å². The van der Waals surface area contributed by atoms with E-state index in [-0.39, 0.29) is 23.9 Å². The number of aliphatic hydroxyl groups excluding tert-OH is 2. The van der Waals surface area contributed by atoms with Crippen LogP contribution in [0.25, 0.3) is 11.8 Å². The minimum Gasteiger partial charge on any atom is -0.481 e. The highest BCUT2D eigenvalue weighted by Crippen LogP contribution is 2.28. The number of benzene rings is 1. The van der Waals surface area contributed by atoms with E-state index >= 15 is 0 Å². The van der Waals surface area contributed by atoms with Gasteiger partial charge in [-0.2, -0.15) is 5.10 Å². The van der Waals surface area contributed by atoms with Crippen molar-refractivity contribution < 1.29 is 29.3 Å². The summed E-state index contributed by atoms with van der Waals surface area (Å²) in [6, 6.07) is 5.66. The number of halogens is 1. The summed E-state index contributed by atoms with van der Waals surface area (Å²) in [6.07, 6.45) is 0.881. The summed E-state index contributed by atoms with van der Waals surface area (Å²) in [5.41, 5.74) is 1.95. The van der Waals surface area contributed by atoms with Crippen LogP contribution in [0.4, 0.5) is 4.39 Å². The van der Waals surface area contributed by atoms with Gasteiger partial charge in [-0.25, -0.2) is 9.07 Å². The van der Waals surface area contributed by atoms with E-state index in [0.717, 1.165) is 6.42 Å². The number of carbonyl (C=O) groups is 2. The molecule has 2 rings (SSSR count). The fourth-order valence-corrected chi connectivity index (χ4v) is 3.52. The Bertz CT molecular complexity index is 999. The summed E-state index contributed by atoms with van der Waals surface area (Å²) in [7, 11) is 0. The van der Waals surface area contributed by atoms with Crippen LogP contribution < -0.4 is 5.32 Å². The Balaban J connectivity index is 2.46. The summed E-state index contributed by atoms with van der Waals surface area (Å²) in [4.78, 5) is 23.7. The number of carboxylic acids is 1. The lowest BCUT2D eigenvalue weighted by atomic mass is 9.98. The lowest BCUT2D eigenvalue weighted by molar-refractivity contribution is -0.139. The molecule has 186 valence electrons. The van der Waals surface area contributed by atoms with Crippen molar-refractivity contribution in [1.82, 2.24) is 15.1 Å². The third-order valence-electron chi connectivity index (χ3n) is 5.23. The fourth-order valence-electron chi connectivity index (χ4n) is 3.52. The van der Waals surface area contributed by atoms with Crippen molar-refractivity contribution in [3.05, 3.63) is 53.1 Å². The molecular formula is C25H34FN3O5. The molecule has 4 N–H and O–H groups in total. The molecule has 2 aromatic rings. The number of aliphatic carboxylic acids is 1. The molecule has 1 aromatic carbocycles. The van der Waals surface area contributed by atoms with E-state index < -0.39 is 30.4 Å². The highest BCUT2D eigenvalue weighted by atomic mass is 19.1. The van der Waals surface area contributed by atoms with E-state index in [0.29, 0.717) is 29.4 Å². The van der Waals surface area contributed by atoms with Crippen molar-refractivity contribution in [1.29, 1.82) is 0 Å². The smallest absolute Gasteiger partial charge is 0.305 e. The topological polar surface area (TPSA) is 125 Å². The van der Waals surface area contributed by atoms with Crippen molar-refractivity contribution >= 4 is 18.0 Å². The van der Waals surface area contributed by atoms with E-state index in [1.165, 1.54) is 35.0 Å². The first-order valence-electron chi connectivity index (χ1n) is 11.4. The van der Waals surface area contributed by atoms with Crippen LogP contribution in [0.2, 0.25) is 0 Å². The number of rotatable bonds is 12. The molecule has 0 radical (unpaired) electrons. The number of hydrogen-bond acceptors (Lipinski definition) is 5. The Morgan fingerprint density at radius 1 is 1.15 bits per heavy atom. The van der Waals surface area contributed by atoms with Crippen LogP contribution in [-0.4, -0.2) is 55.7 Å². The molecule has 2 atom stereocenters. The fraction of sp³-hybridized carbons (Fsp3) is 0.480. The Labute approximate surface area is 199 Å². The van der Waals surface area contributed by atoms with Gasteiger partial charge in [0.25, 0.3) is 5.91 Å². The monoisotopic (exact) mass is 475 g/mol. The maximum absolute atomic E-state index is 13.5. The predicted octanol–water partition coefficient (Wildman–Crippen LogP) is 3.51. The van der Waals surface area contributed by atoms with Crippen molar-refractivity contribution in [2.75, 3.05) is 6.54 Å². The molecule has 0 spiro atoms. The van der Waals surface area contributed by atoms with E-state index in [1.807, 2.05) is 13.8 Å². The number of aliphatic hydroxyl groups is 2. The second-order valence-corrected chi connectivity index (χ2v) is 9.04. The molecule has 0 saturated heterocycles. The molecule has 1 amide bonds. The molecular weight excluding hydrogens is 441 g/mol. The van der Waals surface area contributed by atoms with Gasteiger partial charge >= 0.3 is 5.97 Å². The normalized spacial score (nSPS) is 13.6. The summed E-state index contributed by atoms with van der Waals surface area (Å²) in [5.74, 6) is -1.57. The van der Waals surface area contributed by atoms with E-state index in [2.05, 4.69) is 24.3 Å². The number of nitrogens with one attached hydrogen (secondary N) is 1. The van der Waals surface area contributed by atoms with Crippen molar-refractivity contribution in [3.63, 3.8) is 0 Å². The molecule has 8 nitrogen and oxygen atoms in total. The van der Waals surface area contributed by atoms with Crippen LogP contribution in [-0.2, 0) is 4.79 Å². The molecule has 1 heterocycles. The summed E-state index contributed by atoms with van der Waals surface area (Å²) < 4.78 is 15.0. The molecule has 0 fully saturated rings. The lowest BCUT2D eigenvalue weighted by Crippen LogP contribution is -2.27. The van der Waals surface area contributed by atoms with Gasteiger partial charge < -0.3 is 20.6 Å². The highest BCUT2D eigenvalue weighted by Gasteiger charge is 2.25. The number of carbonyl (C=O) groups excluding carboxylic acids is 1. The summed E-state index contributed by atoms with van der Waals surface area (Å²) in [5, 5.41) is 36.3. The predicted molar refractivity (Wildman–Crippen MR) is 127 cm³/mol. The Hall–Kier alpha value is -3.04. The maximum atomic E-state index is 13.5. The van der Waals surface area contributed by atoms with Gasteiger partial charge in [-0.15, -0.1) is 0 Å². The van der Waals surface area contributed by atoms with Crippen LogP contribution in [0, 0.1) is 11.7 Å². The minimum absolute atomic E-state index is 0.102. The number of hydrogen-bond donors (Lipinski definition) is 4. The van der Waals surface area contributed by atoms with E-state index in [4.69, 9.17) is 5.11 Å². The third-order valence-corrected chi connectivity index (χ3v) is 5.23. The van der Waals surface area contributed by atoms with Crippen LogP contribution in [0.3, 0.4) is 0 Å². The standard InChI is InChI=1S/C25H34FN3O5/c1-15(2)11-12-27-25(34)24-23(16(3)4)21(10-9-19(30)13-20(31)14-22(32)33)29(28-24)18-7-5-17(26)6-8-18/h5-10,15-16,19-20,30-31H,11-14H2,1-4H3,(H,27,34)(H,32,33)/t19-,20-/m1/s1. The summed E-state index contributed by atoms with van der Waals surface area (Å²) in [6.45, 7) is 8.47. The van der Waals surface area contributed by atoms with E-state index in [1.54, 1.807) is 6.08 Å². The second-order valence-electron chi connectivity index (χ2n) is 9.04. The van der Waals surface area contributed by atoms with Gasteiger partial charge in [-0.3, -0.25) is 9.59 Å². The Kier molecular flexibility index (Phi) is 9.95. The quantitative estimate of drug-likeness (QED) is 0.372. The van der Waals surface area contributed by atoms with Crippen molar-refractivity contribution in [3.8, 4) is 5.69 Å². The molecule has 1 aromatic heterocycles. The molecule has 0 unspecified atom stereocenters. The Morgan fingerprint density at radius 3 is 2.35 bits per heavy atom. The van der Waals surface area contributed by atoms with Crippen molar-refractivity contribution in [2.24, 2.45) is 5.92 Å². The average Bonchev–Trinajstić information content (AvgIpc) is 3.11. The number of aromatic nitrogens is 2. The SMILES string of the molecule is CC(C)CCNC(=O)c1nn(-c2ccc(F)cc2)c(C=C[C@@H](O)C[C@@H](O)CC(=O)O)c1C(C)C. The van der Waals surface area contributed by atoms with Gasteiger partial charge in [0.2, 0.25) is 0 Å². The largest absolute Gasteiger partial charge is 0.481 e. The van der Waals surface area contributed by atoms with Crippen LogP contribution in [0.15, 0.2) is 30.3 Å². The zero-order valence-corrected chi connectivity index (χ0v) is 20.0. The van der Waals surface area contributed by atoms with Gasteiger partial charge in [-0.05, 0) is 48.6 Å². The second kappa shape index (κ2) is 12.4. The first-order valence-corrected chi connectivity index (χ1v) is 11.4. The molecule has 0 aliphatic rings. The first-order chi connectivity index (χ1) is 16.0. The van der Waals surface area contributed by atoms with Crippen LogP contribution >= 0.6 is 0 Å². The molecule has 0 bridgehead atoms. The minimum atomic E-state index is -1.20. The average molecular weight is 476 g/mol. The highest BCUT2D eigenvalue weighted by molar-refractivity contribution is 5.95. The van der Waals surface area contributed by atoms with Gasteiger partial charge in [0.05, 0.1) is 30.0 Å². The molecule has 0 aliphatic carbocycles. The summed E-state index contributed by atoms with van der Waals surface area (Å²) >= 11 is 0. The lowest BCUT2D eigenvalue weighted by Gasteiger charge is -2.12.